The van der Waals surface area contributed by atoms with E-state index in [1.54, 1.807) is 0 Å². The molecule has 14 rings (SSSR count). The topological polar surface area (TPSA) is 38.7 Å². The normalized spacial score (nSPS) is 12.8. The fraction of sp³-hybridized carbons (Fsp3) is 0.0299. The summed E-state index contributed by atoms with van der Waals surface area (Å²) >= 11 is 0. The standard InChI is InChI=1S/C67H45N3Si/c1-42-25-34-49(35-26-42)71(50-36-27-43(2)28-37-50)60-40-39-57-54-38-33-48(67-69-65(46-17-7-4-8-18-46)68-66(70-67)47-31-29-45(30-32-47)44-15-5-3-6-16-44)41-59(54)53-21-10-12-22-55(53)61(57)63(60)62-56-23-13-9-19-51(56)52-20-11-14-24-58(52)64(62)71/h3-41H,1-2H3. The van der Waals surface area contributed by atoms with Crippen molar-refractivity contribution in [1.82, 2.24) is 15.0 Å². The molecule has 1 aromatic heterocycles. The zero-order valence-corrected chi connectivity index (χ0v) is 40.4. The maximum Gasteiger partial charge on any atom is 0.181 e. The second kappa shape index (κ2) is 16.1. The van der Waals surface area contributed by atoms with Crippen molar-refractivity contribution in [3.63, 3.8) is 0 Å². The SMILES string of the molecule is Cc1ccc([Si]2(c3ccc(C)cc3)c3ccc4c5ccc(-c6nc(-c7ccccc7)nc(-c7ccc(-c8ccccc8)cc7)n6)cc5c5ccccc5c4c3-c3c2c2ccccc2c2ccccc32)cc1. The van der Waals surface area contributed by atoms with E-state index in [0.717, 1.165) is 22.3 Å². The zero-order valence-electron chi connectivity index (χ0n) is 39.4. The molecule has 0 amide bonds. The average molecular weight is 920 g/mol. The Bertz CT molecular complexity index is 4200. The van der Waals surface area contributed by atoms with Gasteiger partial charge in [-0.15, -0.1) is 0 Å². The zero-order chi connectivity index (χ0) is 47.2. The molecule has 0 saturated heterocycles. The third-order valence-corrected chi connectivity index (χ3v) is 20.0. The van der Waals surface area contributed by atoms with Gasteiger partial charge in [0.05, 0.1) is 0 Å². The number of benzene rings is 12. The third kappa shape index (κ3) is 6.31. The predicted molar refractivity (Wildman–Crippen MR) is 301 cm³/mol. The molecular formula is C67H45N3Si. The Hall–Kier alpha value is -8.83. The van der Waals surface area contributed by atoms with E-state index < -0.39 is 8.07 Å². The van der Waals surface area contributed by atoms with Gasteiger partial charge in [-0.1, -0.05) is 242 Å². The lowest BCUT2D eigenvalue weighted by Gasteiger charge is -2.33. The molecule has 13 aromatic rings. The van der Waals surface area contributed by atoms with E-state index >= 15 is 0 Å². The van der Waals surface area contributed by atoms with Gasteiger partial charge in [0.25, 0.3) is 0 Å². The number of rotatable bonds is 6. The number of aryl methyl sites for hydroxylation is 2. The van der Waals surface area contributed by atoms with E-state index in [-0.39, 0.29) is 0 Å². The monoisotopic (exact) mass is 919 g/mol. The Morgan fingerprint density at radius 1 is 0.282 bits per heavy atom. The summed E-state index contributed by atoms with van der Waals surface area (Å²) < 4.78 is 0. The summed E-state index contributed by atoms with van der Waals surface area (Å²) in [5.74, 6) is 1.92. The first-order chi connectivity index (χ1) is 35.0. The van der Waals surface area contributed by atoms with Gasteiger partial charge in [-0.05, 0) is 117 Å². The molecule has 0 N–H and O–H groups in total. The van der Waals surface area contributed by atoms with E-state index in [1.165, 1.54) is 102 Å². The lowest BCUT2D eigenvalue weighted by atomic mass is 9.86. The summed E-state index contributed by atoms with van der Waals surface area (Å²) in [6.07, 6.45) is 0. The van der Waals surface area contributed by atoms with Crippen LogP contribution in [-0.2, 0) is 0 Å². The molecule has 3 nitrogen and oxygen atoms in total. The lowest BCUT2D eigenvalue weighted by molar-refractivity contribution is 1.07. The van der Waals surface area contributed by atoms with Crippen LogP contribution in [0.2, 0.25) is 0 Å². The lowest BCUT2D eigenvalue weighted by Crippen LogP contribution is -2.73. The Morgan fingerprint density at radius 3 is 1.28 bits per heavy atom. The van der Waals surface area contributed by atoms with Gasteiger partial charge in [-0.2, -0.15) is 0 Å². The van der Waals surface area contributed by atoms with E-state index in [0.29, 0.717) is 17.5 Å². The number of hydrogen-bond acceptors (Lipinski definition) is 3. The van der Waals surface area contributed by atoms with Gasteiger partial charge in [-0.25, -0.2) is 15.0 Å². The van der Waals surface area contributed by atoms with Crippen LogP contribution in [0.5, 0.6) is 0 Å². The molecule has 0 fully saturated rings. The molecule has 4 heteroatoms. The van der Waals surface area contributed by atoms with Gasteiger partial charge in [0.15, 0.2) is 25.5 Å². The Kier molecular flexibility index (Phi) is 9.35. The number of hydrogen-bond donors (Lipinski definition) is 0. The van der Waals surface area contributed by atoms with Crippen LogP contribution in [0.1, 0.15) is 11.1 Å². The smallest absolute Gasteiger partial charge is 0.181 e. The van der Waals surface area contributed by atoms with Crippen LogP contribution in [0.3, 0.4) is 0 Å². The highest BCUT2D eigenvalue weighted by atomic mass is 28.3. The summed E-state index contributed by atoms with van der Waals surface area (Å²) in [5.41, 5.74) is 10.4. The predicted octanol–water partition coefficient (Wildman–Crippen LogP) is 14.3. The largest absolute Gasteiger partial charge is 0.208 e. The van der Waals surface area contributed by atoms with Gasteiger partial charge < -0.3 is 0 Å². The second-order valence-electron chi connectivity index (χ2n) is 19.2. The number of fused-ring (bicyclic) bond motifs is 15. The summed E-state index contributed by atoms with van der Waals surface area (Å²) in [4.78, 5) is 15.5. The van der Waals surface area contributed by atoms with Crippen molar-refractivity contribution in [1.29, 1.82) is 0 Å². The minimum Gasteiger partial charge on any atom is -0.208 e. The van der Waals surface area contributed by atoms with Crippen LogP contribution in [0.4, 0.5) is 0 Å². The van der Waals surface area contributed by atoms with Crippen LogP contribution in [0, 0.1) is 13.8 Å². The van der Waals surface area contributed by atoms with Crippen molar-refractivity contribution in [2.45, 2.75) is 13.8 Å². The van der Waals surface area contributed by atoms with Gasteiger partial charge in [0.1, 0.15) is 0 Å². The van der Waals surface area contributed by atoms with Crippen molar-refractivity contribution in [3.05, 3.63) is 248 Å². The van der Waals surface area contributed by atoms with Crippen molar-refractivity contribution in [3.8, 4) is 56.4 Å². The first-order valence-electron chi connectivity index (χ1n) is 24.5. The van der Waals surface area contributed by atoms with Crippen LogP contribution in [0.25, 0.3) is 110 Å². The summed E-state index contributed by atoms with van der Waals surface area (Å²) in [5, 5.41) is 18.3. The van der Waals surface area contributed by atoms with Gasteiger partial charge in [0, 0.05) is 16.7 Å². The molecule has 71 heavy (non-hydrogen) atoms. The maximum absolute atomic E-state index is 5.24. The van der Waals surface area contributed by atoms with E-state index in [1.807, 2.05) is 24.3 Å². The first kappa shape index (κ1) is 41.2. The second-order valence-corrected chi connectivity index (χ2v) is 22.8. The first-order valence-corrected chi connectivity index (χ1v) is 26.5. The molecule has 0 bridgehead atoms. The summed E-state index contributed by atoms with van der Waals surface area (Å²) in [6.45, 7) is 4.40. The minimum atomic E-state index is -2.99. The summed E-state index contributed by atoms with van der Waals surface area (Å²) in [7, 11) is -2.99. The minimum absolute atomic E-state index is 0.639. The fourth-order valence-corrected chi connectivity index (χ4v) is 17.2. The van der Waals surface area contributed by atoms with Crippen molar-refractivity contribution < 1.29 is 0 Å². The molecule has 0 atom stereocenters. The van der Waals surface area contributed by atoms with Crippen LogP contribution >= 0.6 is 0 Å². The molecule has 2 heterocycles. The van der Waals surface area contributed by atoms with Gasteiger partial charge in [0.2, 0.25) is 0 Å². The number of aromatic nitrogens is 3. The summed E-state index contributed by atoms with van der Waals surface area (Å²) in [6, 6.07) is 87.4. The highest BCUT2D eigenvalue weighted by Crippen LogP contribution is 2.47. The van der Waals surface area contributed by atoms with Crippen LogP contribution in [-0.4, -0.2) is 23.0 Å². The highest BCUT2D eigenvalue weighted by Gasteiger charge is 2.51. The van der Waals surface area contributed by atoms with Crippen LogP contribution in [0.15, 0.2) is 237 Å². The van der Waals surface area contributed by atoms with Gasteiger partial charge >= 0.3 is 0 Å². The molecule has 1 aliphatic rings. The molecule has 0 saturated carbocycles. The van der Waals surface area contributed by atoms with E-state index in [9.17, 15) is 0 Å². The van der Waals surface area contributed by atoms with Crippen molar-refractivity contribution in [2.24, 2.45) is 0 Å². The van der Waals surface area contributed by atoms with Crippen molar-refractivity contribution >= 4 is 82.7 Å². The molecule has 0 spiro atoms. The number of nitrogens with zero attached hydrogens (tertiary/aromatic N) is 3. The quantitative estimate of drug-likeness (QED) is 0.123. The maximum atomic E-state index is 5.24. The Morgan fingerprint density at radius 2 is 0.676 bits per heavy atom. The molecule has 12 aromatic carbocycles. The van der Waals surface area contributed by atoms with E-state index in [2.05, 4.69) is 226 Å². The van der Waals surface area contributed by atoms with Gasteiger partial charge in [-0.3, -0.25) is 0 Å². The Balaban J connectivity index is 1.05. The molecule has 332 valence electrons. The highest BCUT2D eigenvalue weighted by molar-refractivity contribution is 7.23. The van der Waals surface area contributed by atoms with E-state index in [4.69, 9.17) is 15.0 Å². The molecular weight excluding hydrogens is 875 g/mol. The fourth-order valence-electron chi connectivity index (χ4n) is 11.8. The molecule has 0 radical (unpaired) electrons. The van der Waals surface area contributed by atoms with Crippen LogP contribution < -0.4 is 20.7 Å². The third-order valence-electron chi connectivity index (χ3n) is 15.1. The van der Waals surface area contributed by atoms with Crippen molar-refractivity contribution in [2.75, 3.05) is 0 Å². The Labute approximate surface area is 413 Å². The molecule has 0 unspecified atom stereocenters. The molecule has 1 aliphatic heterocycles. The average Bonchev–Trinajstić information content (AvgIpc) is 3.77. The molecule has 0 aliphatic carbocycles.